The Labute approximate surface area is 164 Å². The van der Waals surface area contributed by atoms with Crippen molar-refractivity contribution < 1.29 is 17.6 Å². The molecular weight excluding hydrogens is 383 g/mol. The first kappa shape index (κ1) is 20.5. The number of carbonyl (C=O) groups is 1. The largest absolute Gasteiger partial charge is 0.311 e. The highest BCUT2D eigenvalue weighted by Gasteiger charge is 2.33. The van der Waals surface area contributed by atoms with Gasteiger partial charge >= 0.3 is 0 Å². The SMILES string of the molecule is Cc1cc(NC(=O)[C@@H]2CCCN(S(=O)(=O)c3ccc(F)cc3)C2)n(C(C)C)n1. The number of sulfonamides is 1. The predicted molar refractivity (Wildman–Crippen MR) is 104 cm³/mol. The zero-order valence-electron chi connectivity index (χ0n) is 16.2. The minimum absolute atomic E-state index is 0.0310. The number of nitrogens with zero attached hydrogens (tertiary/aromatic N) is 3. The number of piperidine rings is 1. The van der Waals surface area contributed by atoms with Crippen LogP contribution in [0.15, 0.2) is 35.2 Å². The third kappa shape index (κ3) is 4.25. The van der Waals surface area contributed by atoms with Crippen LogP contribution in [0.4, 0.5) is 10.2 Å². The van der Waals surface area contributed by atoms with Gasteiger partial charge in [-0.15, -0.1) is 0 Å². The molecule has 1 amide bonds. The molecule has 1 fully saturated rings. The monoisotopic (exact) mass is 408 g/mol. The highest BCUT2D eigenvalue weighted by Crippen LogP contribution is 2.25. The fourth-order valence-corrected chi connectivity index (χ4v) is 4.89. The van der Waals surface area contributed by atoms with Gasteiger partial charge in [0.1, 0.15) is 11.6 Å². The summed E-state index contributed by atoms with van der Waals surface area (Å²) in [5, 5.41) is 7.27. The number of anilines is 1. The molecule has 3 rings (SSSR count). The van der Waals surface area contributed by atoms with E-state index in [4.69, 9.17) is 0 Å². The molecule has 1 aliphatic heterocycles. The van der Waals surface area contributed by atoms with Crippen molar-refractivity contribution in [3.63, 3.8) is 0 Å². The number of aromatic nitrogens is 2. The minimum Gasteiger partial charge on any atom is -0.311 e. The van der Waals surface area contributed by atoms with E-state index in [0.29, 0.717) is 25.2 Å². The van der Waals surface area contributed by atoms with E-state index < -0.39 is 21.8 Å². The Kier molecular flexibility index (Phi) is 5.85. The first-order valence-electron chi connectivity index (χ1n) is 9.31. The lowest BCUT2D eigenvalue weighted by molar-refractivity contribution is -0.120. The summed E-state index contributed by atoms with van der Waals surface area (Å²) in [7, 11) is -3.77. The van der Waals surface area contributed by atoms with Crippen molar-refractivity contribution in [2.24, 2.45) is 5.92 Å². The number of amides is 1. The molecule has 9 heteroatoms. The molecular formula is C19H25FN4O3S. The van der Waals surface area contributed by atoms with Crippen molar-refractivity contribution in [2.75, 3.05) is 18.4 Å². The van der Waals surface area contributed by atoms with E-state index in [-0.39, 0.29) is 23.4 Å². The van der Waals surface area contributed by atoms with Crippen molar-refractivity contribution in [3.8, 4) is 0 Å². The van der Waals surface area contributed by atoms with Crippen LogP contribution in [0.25, 0.3) is 0 Å². The second-order valence-electron chi connectivity index (χ2n) is 7.35. The Morgan fingerprint density at radius 2 is 1.96 bits per heavy atom. The van der Waals surface area contributed by atoms with Crippen LogP contribution in [0.3, 0.4) is 0 Å². The number of halogens is 1. The number of nitrogens with one attached hydrogen (secondary N) is 1. The van der Waals surface area contributed by atoms with E-state index in [1.165, 1.54) is 16.4 Å². The van der Waals surface area contributed by atoms with E-state index in [2.05, 4.69) is 10.4 Å². The molecule has 0 bridgehead atoms. The number of rotatable bonds is 5. The van der Waals surface area contributed by atoms with Crippen LogP contribution < -0.4 is 5.32 Å². The molecule has 1 N–H and O–H groups in total. The smallest absolute Gasteiger partial charge is 0.243 e. The van der Waals surface area contributed by atoms with Crippen molar-refractivity contribution in [1.82, 2.24) is 14.1 Å². The highest BCUT2D eigenvalue weighted by molar-refractivity contribution is 7.89. The number of benzene rings is 1. The van der Waals surface area contributed by atoms with E-state index in [1.807, 2.05) is 20.8 Å². The standard InChI is InChI=1S/C19H25FN4O3S/c1-13(2)24-18(11-14(3)22-24)21-19(25)15-5-4-10-23(12-15)28(26,27)17-8-6-16(20)7-9-17/h6-9,11,13,15H,4-5,10,12H2,1-3H3,(H,21,25)/t15-/m1/s1. The molecule has 1 aromatic carbocycles. The number of aryl methyl sites for hydroxylation is 1. The first-order valence-corrected chi connectivity index (χ1v) is 10.7. The minimum atomic E-state index is -3.77. The molecule has 0 saturated carbocycles. The average molecular weight is 408 g/mol. The van der Waals surface area contributed by atoms with Crippen LogP contribution in [-0.4, -0.2) is 41.5 Å². The molecule has 2 aromatic rings. The predicted octanol–water partition coefficient (Wildman–Crippen LogP) is 2.95. The van der Waals surface area contributed by atoms with Gasteiger partial charge in [0.2, 0.25) is 15.9 Å². The lowest BCUT2D eigenvalue weighted by Crippen LogP contribution is -2.43. The third-order valence-corrected chi connectivity index (χ3v) is 6.68. The van der Waals surface area contributed by atoms with Gasteiger partial charge in [-0.3, -0.25) is 4.79 Å². The molecule has 0 radical (unpaired) electrons. The van der Waals surface area contributed by atoms with Gasteiger partial charge in [0.15, 0.2) is 0 Å². The van der Waals surface area contributed by atoms with E-state index in [1.54, 1.807) is 10.7 Å². The van der Waals surface area contributed by atoms with Gasteiger partial charge in [0, 0.05) is 25.2 Å². The summed E-state index contributed by atoms with van der Waals surface area (Å²) in [6.45, 7) is 6.23. The van der Waals surface area contributed by atoms with Crippen molar-refractivity contribution >= 4 is 21.7 Å². The summed E-state index contributed by atoms with van der Waals surface area (Å²) >= 11 is 0. The Hall–Kier alpha value is -2.26. The van der Waals surface area contributed by atoms with Crippen LogP contribution in [0.2, 0.25) is 0 Å². The summed E-state index contributed by atoms with van der Waals surface area (Å²) in [6.07, 6.45) is 1.19. The van der Waals surface area contributed by atoms with E-state index >= 15 is 0 Å². The molecule has 1 aliphatic rings. The second-order valence-corrected chi connectivity index (χ2v) is 9.29. The normalized spacial score (nSPS) is 18.4. The summed E-state index contributed by atoms with van der Waals surface area (Å²) < 4.78 is 41.8. The van der Waals surface area contributed by atoms with Gasteiger partial charge in [-0.05, 0) is 57.9 Å². The van der Waals surface area contributed by atoms with Crippen molar-refractivity contribution in [1.29, 1.82) is 0 Å². The first-order chi connectivity index (χ1) is 13.2. The van der Waals surface area contributed by atoms with Gasteiger partial charge in [0.05, 0.1) is 16.5 Å². The summed E-state index contributed by atoms with van der Waals surface area (Å²) in [6, 6.07) is 6.63. The Morgan fingerprint density at radius 1 is 1.29 bits per heavy atom. The maximum absolute atomic E-state index is 13.1. The van der Waals surface area contributed by atoms with Crippen LogP contribution in [0, 0.1) is 18.7 Å². The highest BCUT2D eigenvalue weighted by atomic mass is 32.2. The van der Waals surface area contributed by atoms with Crippen LogP contribution in [0.1, 0.15) is 38.4 Å². The Balaban J connectivity index is 1.74. The van der Waals surface area contributed by atoms with Crippen LogP contribution in [0.5, 0.6) is 0 Å². The Morgan fingerprint density at radius 3 is 2.61 bits per heavy atom. The lowest BCUT2D eigenvalue weighted by atomic mass is 9.99. The molecule has 1 saturated heterocycles. The molecule has 152 valence electrons. The van der Waals surface area contributed by atoms with Crippen molar-refractivity contribution in [3.05, 3.63) is 41.8 Å². The third-order valence-electron chi connectivity index (χ3n) is 4.80. The van der Waals surface area contributed by atoms with Gasteiger partial charge < -0.3 is 5.32 Å². The molecule has 1 atom stereocenters. The topological polar surface area (TPSA) is 84.3 Å². The molecule has 0 unspecified atom stereocenters. The van der Waals surface area contributed by atoms with Gasteiger partial charge in [-0.2, -0.15) is 9.40 Å². The van der Waals surface area contributed by atoms with E-state index in [9.17, 15) is 17.6 Å². The summed E-state index contributed by atoms with van der Waals surface area (Å²) in [5.74, 6) is -0.566. The molecule has 1 aromatic heterocycles. The summed E-state index contributed by atoms with van der Waals surface area (Å²) in [4.78, 5) is 12.8. The number of carbonyl (C=O) groups excluding carboxylic acids is 1. The number of hydrogen-bond donors (Lipinski definition) is 1. The molecule has 28 heavy (non-hydrogen) atoms. The number of hydrogen-bond acceptors (Lipinski definition) is 4. The van der Waals surface area contributed by atoms with Crippen molar-refractivity contribution in [2.45, 2.75) is 44.6 Å². The van der Waals surface area contributed by atoms with E-state index in [0.717, 1.165) is 17.8 Å². The van der Waals surface area contributed by atoms with Gasteiger partial charge in [0.25, 0.3) is 0 Å². The zero-order chi connectivity index (χ0) is 20.5. The molecule has 0 spiro atoms. The fraction of sp³-hybridized carbons (Fsp3) is 0.474. The maximum atomic E-state index is 13.1. The average Bonchev–Trinajstić information content (AvgIpc) is 3.02. The Bertz CT molecular complexity index is 954. The van der Waals surface area contributed by atoms with Gasteiger partial charge in [-0.1, -0.05) is 0 Å². The van der Waals surface area contributed by atoms with Gasteiger partial charge in [-0.25, -0.2) is 17.5 Å². The fourth-order valence-electron chi connectivity index (χ4n) is 3.36. The zero-order valence-corrected chi connectivity index (χ0v) is 17.0. The molecule has 7 nitrogen and oxygen atoms in total. The lowest BCUT2D eigenvalue weighted by Gasteiger charge is -2.31. The molecule has 2 heterocycles. The summed E-state index contributed by atoms with van der Waals surface area (Å²) in [5.41, 5.74) is 0.799. The molecule has 0 aliphatic carbocycles. The maximum Gasteiger partial charge on any atom is 0.243 e. The second kappa shape index (κ2) is 8.00. The quantitative estimate of drug-likeness (QED) is 0.824. The van der Waals surface area contributed by atoms with Crippen LogP contribution in [-0.2, 0) is 14.8 Å². The van der Waals surface area contributed by atoms with Crippen LogP contribution >= 0.6 is 0 Å².